The van der Waals surface area contributed by atoms with Gasteiger partial charge in [-0.05, 0) is 24.3 Å². The minimum absolute atomic E-state index is 0.487. The maximum atomic E-state index is 8.49. The van der Waals surface area contributed by atoms with Crippen molar-refractivity contribution < 1.29 is 33.4 Å². The zero-order valence-electron chi connectivity index (χ0n) is 13.3. The molecule has 0 bridgehead atoms. The van der Waals surface area contributed by atoms with E-state index in [1.807, 2.05) is 36.7 Å². The van der Waals surface area contributed by atoms with Crippen LogP contribution in [0.15, 0.2) is 67.0 Å². The number of hydrogen-bond acceptors (Lipinski definition) is 7. The van der Waals surface area contributed by atoms with Crippen LogP contribution in [0, 0.1) is 10.2 Å². The monoisotopic (exact) mass is 372 g/mol. The number of aromatic nitrogens is 3. The van der Waals surface area contributed by atoms with E-state index < -0.39 is 10.2 Å². The van der Waals surface area contributed by atoms with E-state index >= 15 is 0 Å². The Bertz CT molecular complexity index is 1060. The molecule has 4 rings (SSSR count). The summed E-state index contributed by atoms with van der Waals surface area (Å²) < 4.78 is 36.1. The molecule has 3 aromatic heterocycles. The van der Waals surface area contributed by atoms with Gasteiger partial charge in [-0.25, -0.2) is 28.6 Å². The number of nitrogen functional groups attached to an aromatic ring is 1. The van der Waals surface area contributed by atoms with Gasteiger partial charge in [-0.3, -0.25) is 0 Å². The lowest BCUT2D eigenvalue weighted by atomic mass is 10.2. The van der Waals surface area contributed by atoms with Crippen LogP contribution in [0.2, 0.25) is 0 Å². The van der Waals surface area contributed by atoms with Crippen molar-refractivity contribution in [2.45, 2.75) is 0 Å². The van der Waals surface area contributed by atoms with Crippen molar-refractivity contribution in [1.82, 2.24) is 9.97 Å². The second kappa shape index (κ2) is 7.16. The summed E-state index contributed by atoms with van der Waals surface area (Å²) in [5.41, 5.74) is 8.51. The van der Waals surface area contributed by atoms with E-state index in [0.29, 0.717) is 11.5 Å². The largest absolute Gasteiger partial charge is 0.384 e. The first-order chi connectivity index (χ1) is 12.3. The smallest absolute Gasteiger partial charge is 0.230 e. The number of fused-ring (bicyclic) bond motifs is 2. The number of nitrogens with zero attached hydrogens (tertiary/aromatic N) is 3. The Kier molecular flexibility index (Phi) is 4.94. The molecule has 132 valence electrons. The Morgan fingerprint density at radius 2 is 1.58 bits per heavy atom. The van der Waals surface area contributed by atoms with Gasteiger partial charge in [0, 0.05) is 29.0 Å². The molecule has 9 heteroatoms. The van der Waals surface area contributed by atoms with Gasteiger partial charge in [0.05, 0.1) is 0 Å². The van der Waals surface area contributed by atoms with E-state index in [0.717, 1.165) is 16.6 Å². The number of anilines is 1. The molecular weight excluding hydrogens is 360 g/mol. The van der Waals surface area contributed by atoms with Gasteiger partial charge >= 0.3 is 0 Å². The van der Waals surface area contributed by atoms with Crippen molar-refractivity contribution in [1.29, 1.82) is 0 Å². The zero-order valence-corrected chi connectivity index (χ0v) is 14.0. The van der Waals surface area contributed by atoms with Crippen LogP contribution in [0.1, 0.15) is 0 Å². The predicted octanol–water partition coefficient (Wildman–Crippen LogP) is -2.11. The quantitative estimate of drug-likeness (QED) is 0.376. The molecule has 26 heavy (non-hydrogen) atoms. The van der Waals surface area contributed by atoms with Crippen LogP contribution in [-0.4, -0.2) is 9.97 Å². The molecule has 0 radical (unpaired) electrons. The number of rotatable bonds is 1. The van der Waals surface area contributed by atoms with Crippen molar-refractivity contribution in [2.24, 2.45) is 0 Å². The summed E-state index contributed by atoms with van der Waals surface area (Å²) in [6.07, 6.45) is 3.86. The third-order valence-corrected chi connectivity index (χ3v) is 3.53. The highest BCUT2D eigenvalue weighted by atomic mass is 35.7. The topological polar surface area (TPSA) is 148 Å². The Labute approximate surface area is 150 Å². The Morgan fingerprint density at radius 3 is 2.35 bits per heavy atom. The van der Waals surface area contributed by atoms with Crippen molar-refractivity contribution >= 4 is 27.8 Å². The molecule has 0 aliphatic heterocycles. The molecule has 3 heterocycles. The van der Waals surface area contributed by atoms with Crippen molar-refractivity contribution in [3.8, 4) is 5.69 Å². The minimum Gasteiger partial charge on any atom is -0.384 e. The Balaban J connectivity index is 0.000000349. The van der Waals surface area contributed by atoms with Crippen molar-refractivity contribution in [2.75, 3.05) is 5.73 Å². The highest BCUT2D eigenvalue weighted by molar-refractivity contribution is 5.78. The zero-order chi connectivity index (χ0) is 18.7. The number of benzene rings is 1. The van der Waals surface area contributed by atoms with Gasteiger partial charge < -0.3 is 5.73 Å². The van der Waals surface area contributed by atoms with Gasteiger partial charge in [0.25, 0.3) is 0 Å². The summed E-state index contributed by atoms with van der Waals surface area (Å²) in [6, 6.07) is 18.2. The molecule has 1 aromatic carbocycles. The fourth-order valence-electron chi connectivity index (χ4n) is 2.53. The number of hydrogen-bond donors (Lipinski definition) is 1. The van der Waals surface area contributed by atoms with E-state index in [-0.39, 0.29) is 0 Å². The molecular formula is C17H13ClN4O4. The Hall–Kier alpha value is -2.88. The maximum Gasteiger partial charge on any atom is 0.230 e. The molecule has 2 N–H and O–H groups in total. The van der Waals surface area contributed by atoms with Gasteiger partial charge in [0.2, 0.25) is 11.2 Å². The van der Waals surface area contributed by atoms with Crippen LogP contribution in [0.4, 0.5) is 5.82 Å². The third kappa shape index (κ3) is 4.39. The molecule has 0 aliphatic carbocycles. The predicted molar refractivity (Wildman–Crippen MR) is 83.0 cm³/mol. The highest BCUT2D eigenvalue weighted by Gasteiger charge is 2.12. The van der Waals surface area contributed by atoms with Crippen LogP contribution in [-0.2, 0) is 0 Å². The van der Waals surface area contributed by atoms with Gasteiger partial charge in [-0.15, -0.1) is 10.2 Å². The molecule has 0 aliphatic rings. The first-order valence-electron chi connectivity index (χ1n) is 7.35. The fraction of sp³-hybridized carbons (Fsp3) is 0. The average molecular weight is 373 g/mol. The summed E-state index contributed by atoms with van der Waals surface area (Å²) in [6.45, 7) is 0. The minimum atomic E-state index is -4.94. The molecule has 0 amide bonds. The van der Waals surface area contributed by atoms with E-state index in [2.05, 4.69) is 38.8 Å². The number of nitrogens with two attached hydrogens (primary N) is 1. The maximum absolute atomic E-state index is 8.49. The SMILES string of the molecule is Nc1ccc2cc(-[n+]3cccc4ccccc43)cnc2n1.[O-][Cl+3]([O-])([O-])[O-]. The molecule has 4 aromatic rings. The first-order valence-corrected chi connectivity index (χ1v) is 8.58. The van der Waals surface area contributed by atoms with E-state index in [4.69, 9.17) is 24.4 Å². The lowest BCUT2D eigenvalue weighted by molar-refractivity contribution is -2.00. The van der Waals surface area contributed by atoms with Gasteiger partial charge in [0.1, 0.15) is 12.0 Å². The third-order valence-electron chi connectivity index (χ3n) is 3.53. The van der Waals surface area contributed by atoms with E-state index in [1.54, 1.807) is 6.07 Å². The normalized spacial score (nSPS) is 11.2. The van der Waals surface area contributed by atoms with Crippen LogP contribution in [0.3, 0.4) is 0 Å². The second-order valence-corrected chi connectivity index (χ2v) is 6.05. The Morgan fingerprint density at radius 1 is 0.885 bits per heavy atom. The first kappa shape index (κ1) is 17.9. The lowest BCUT2D eigenvalue weighted by Crippen LogP contribution is -2.68. The summed E-state index contributed by atoms with van der Waals surface area (Å²) in [5.74, 6) is 0.487. The van der Waals surface area contributed by atoms with Crippen LogP contribution < -0.4 is 28.9 Å². The van der Waals surface area contributed by atoms with Gasteiger partial charge in [0.15, 0.2) is 11.8 Å². The number of halogens is 1. The van der Waals surface area contributed by atoms with E-state index in [9.17, 15) is 0 Å². The molecule has 0 unspecified atom stereocenters. The molecule has 0 saturated heterocycles. The molecule has 8 nitrogen and oxygen atoms in total. The second-order valence-electron chi connectivity index (χ2n) is 5.29. The summed E-state index contributed by atoms with van der Waals surface area (Å²) in [5, 5.41) is 2.16. The standard InChI is InChI=1S/C17H13N4.ClHO4/c18-16-8-7-13-10-14(11-19-17(13)20-16)21-9-3-5-12-4-1-2-6-15(12)21;2-1(3,4)5/h1-11H,(H2,18,19,20);(H,2,3,4,5)/q+1;/p-1. The van der Waals surface area contributed by atoms with Crippen LogP contribution in [0.5, 0.6) is 0 Å². The summed E-state index contributed by atoms with van der Waals surface area (Å²) >= 11 is 0. The van der Waals surface area contributed by atoms with Crippen LogP contribution >= 0.6 is 0 Å². The van der Waals surface area contributed by atoms with Gasteiger partial charge in [-0.1, -0.05) is 12.1 Å². The number of para-hydroxylation sites is 1. The highest BCUT2D eigenvalue weighted by Crippen LogP contribution is 2.15. The van der Waals surface area contributed by atoms with Crippen LogP contribution in [0.25, 0.3) is 27.6 Å². The van der Waals surface area contributed by atoms with Gasteiger partial charge in [-0.2, -0.15) is 4.57 Å². The summed E-state index contributed by atoms with van der Waals surface area (Å²) in [4.78, 5) is 8.64. The van der Waals surface area contributed by atoms with Crippen molar-refractivity contribution in [3.05, 3.63) is 67.0 Å². The lowest BCUT2D eigenvalue weighted by Gasteiger charge is -2.17. The van der Waals surface area contributed by atoms with E-state index in [1.165, 1.54) is 5.39 Å². The molecule has 0 fully saturated rings. The summed E-state index contributed by atoms with van der Waals surface area (Å²) in [7, 11) is -4.94. The average Bonchev–Trinajstić information content (AvgIpc) is 2.59. The molecule has 0 saturated carbocycles. The number of pyridine rings is 3. The fourth-order valence-corrected chi connectivity index (χ4v) is 2.53. The van der Waals surface area contributed by atoms with Crippen molar-refractivity contribution in [3.63, 3.8) is 0 Å². The molecule has 0 atom stereocenters. The molecule has 0 spiro atoms.